The van der Waals surface area contributed by atoms with Crippen LogP contribution in [-0.4, -0.2) is 75.7 Å². The molecule has 2 fully saturated rings. The van der Waals surface area contributed by atoms with Crippen LogP contribution in [0.1, 0.15) is 19.3 Å². The molecule has 0 aromatic heterocycles. The molecule has 1 saturated heterocycles. The van der Waals surface area contributed by atoms with Crippen molar-refractivity contribution in [2.45, 2.75) is 24.8 Å². The van der Waals surface area contributed by atoms with E-state index in [9.17, 15) is 4.79 Å². The third-order valence-electron chi connectivity index (χ3n) is 4.85. The third-order valence-corrected chi connectivity index (χ3v) is 4.85. The van der Waals surface area contributed by atoms with Crippen LogP contribution in [0.4, 0.5) is 0 Å². The summed E-state index contributed by atoms with van der Waals surface area (Å²) in [6.45, 7) is 4.15. The molecule has 1 heterocycles. The Kier molecular flexibility index (Phi) is 5.04. The SMILES string of the molecule is CNC(CN(C)CC1CCN(C)C1)(C(=O)OC)C1CC1. The van der Waals surface area contributed by atoms with E-state index in [0.29, 0.717) is 5.92 Å². The van der Waals surface area contributed by atoms with Crippen molar-refractivity contribution in [3.63, 3.8) is 0 Å². The van der Waals surface area contributed by atoms with E-state index in [1.54, 1.807) is 0 Å². The number of nitrogens with one attached hydrogen (secondary N) is 1. The Labute approximate surface area is 122 Å². The molecule has 0 aromatic rings. The van der Waals surface area contributed by atoms with Gasteiger partial charge in [0.25, 0.3) is 0 Å². The lowest BCUT2D eigenvalue weighted by Crippen LogP contribution is -2.59. The smallest absolute Gasteiger partial charge is 0.327 e. The summed E-state index contributed by atoms with van der Waals surface area (Å²) in [7, 11) is 7.67. The molecule has 2 atom stereocenters. The van der Waals surface area contributed by atoms with Gasteiger partial charge < -0.3 is 19.9 Å². The zero-order valence-electron chi connectivity index (χ0n) is 13.3. The molecule has 2 aliphatic rings. The average molecular weight is 283 g/mol. The van der Waals surface area contributed by atoms with Gasteiger partial charge in [0.1, 0.15) is 5.54 Å². The van der Waals surface area contributed by atoms with Crippen LogP contribution < -0.4 is 5.32 Å². The first-order valence-electron chi connectivity index (χ1n) is 7.66. The Hall–Kier alpha value is -0.650. The molecule has 1 aliphatic carbocycles. The lowest BCUT2D eigenvalue weighted by Gasteiger charge is -2.35. The van der Waals surface area contributed by atoms with Gasteiger partial charge in [-0.25, -0.2) is 4.79 Å². The monoisotopic (exact) mass is 283 g/mol. The van der Waals surface area contributed by atoms with Gasteiger partial charge in [0.2, 0.25) is 0 Å². The van der Waals surface area contributed by atoms with E-state index in [0.717, 1.165) is 31.8 Å². The highest BCUT2D eigenvalue weighted by Gasteiger charge is 2.51. The number of hydrogen-bond acceptors (Lipinski definition) is 5. The van der Waals surface area contributed by atoms with Crippen LogP contribution >= 0.6 is 0 Å². The number of rotatable bonds is 7. The first-order chi connectivity index (χ1) is 9.51. The van der Waals surface area contributed by atoms with E-state index in [1.165, 1.54) is 26.6 Å². The predicted octanol–water partition coefficient (Wildman–Crippen LogP) is 0.411. The Morgan fingerprint density at radius 1 is 1.45 bits per heavy atom. The maximum absolute atomic E-state index is 12.3. The fraction of sp³-hybridized carbons (Fsp3) is 0.933. The number of hydrogen-bond donors (Lipinski definition) is 1. The lowest BCUT2D eigenvalue weighted by molar-refractivity contribution is -0.150. The zero-order chi connectivity index (χ0) is 14.8. The highest BCUT2D eigenvalue weighted by Crippen LogP contribution is 2.40. The van der Waals surface area contributed by atoms with Gasteiger partial charge in [-0.2, -0.15) is 0 Å². The molecule has 0 spiro atoms. The second-order valence-corrected chi connectivity index (χ2v) is 6.60. The van der Waals surface area contributed by atoms with Crippen LogP contribution in [0.3, 0.4) is 0 Å². The molecule has 5 nitrogen and oxygen atoms in total. The third kappa shape index (κ3) is 3.32. The maximum atomic E-state index is 12.3. The number of carbonyl (C=O) groups is 1. The minimum atomic E-state index is -0.520. The molecule has 0 aromatic carbocycles. The quantitative estimate of drug-likeness (QED) is 0.686. The van der Waals surface area contributed by atoms with E-state index in [1.807, 2.05) is 7.05 Å². The van der Waals surface area contributed by atoms with Gasteiger partial charge in [0, 0.05) is 19.6 Å². The van der Waals surface area contributed by atoms with Crippen molar-refractivity contribution in [1.29, 1.82) is 0 Å². The van der Waals surface area contributed by atoms with E-state index in [4.69, 9.17) is 4.74 Å². The number of carbonyl (C=O) groups excluding carboxylic acids is 1. The van der Waals surface area contributed by atoms with Crippen LogP contribution in [0.25, 0.3) is 0 Å². The highest BCUT2D eigenvalue weighted by atomic mass is 16.5. The minimum absolute atomic E-state index is 0.113. The maximum Gasteiger partial charge on any atom is 0.327 e. The van der Waals surface area contributed by atoms with Gasteiger partial charge >= 0.3 is 5.97 Å². The van der Waals surface area contributed by atoms with Gasteiger partial charge in [-0.3, -0.25) is 0 Å². The molecule has 20 heavy (non-hydrogen) atoms. The largest absolute Gasteiger partial charge is 0.468 e. The topological polar surface area (TPSA) is 44.8 Å². The number of ether oxygens (including phenoxy) is 1. The Balaban J connectivity index is 1.95. The molecule has 1 aliphatic heterocycles. The van der Waals surface area contributed by atoms with E-state index in [-0.39, 0.29) is 5.97 Å². The summed E-state index contributed by atoms with van der Waals surface area (Å²) in [5, 5.41) is 3.27. The Morgan fingerprint density at radius 2 is 2.15 bits per heavy atom. The molecular formula is C15H29N3O2. The summed E-state index contributed by atoms with van der Waals surface area (Å²) < 4.78 is 5.06. The molecule has 5 heteroatoms. The molecule has 1 N–H and O–H groups in total. The van der Waals surface area contributed by atoms with Crippen molar-refractivity contribution < 1.29 is 9.53 Å². The number of likely N-dealkylation sites (N-methyl/N-ethyl adjacent to an activating group) is 2. The molecule has 0 bridgehead atoms. The van der Waals surface area contributed by atoms with Crippen LogP contribution in [0.15, 0.2) is 0 Å². The average Bonchev–Trinajstić information content (AvgIpc) is 3.20. The van der Waals surface area contributed by atoms with E-state index >= 15 is 0 Å². The molecule has 2 rings (SSSR count). The summed E-state index contributed by atoms with van der Waals surface area (Å²) in [6, 6.07) is 0. The summed E-state index contributed by atoms with van der Waals surface area (Å²) in [6.07, 6.45) is 3.50. The summed E-state index contributed by atoms with van der Waals surface area (Å²) in [5.74, 6) is 1.03. The molecule has 1 saturated carbocycles. The van der Waals surface area contributed by atoms with Crippen molar-refractivity contribution in [1.82, 2.24) is 15.1 Å². The molecular weight excluding hydrogens is 254 g/mol. The Bertz CT molecular complexity index is 346. The van der Waals surface area contributed by atoms with Crippen molar-refractivity contribution in [3.05, 3.63) is 0 Å². The first kappa shape index (κ1) is 15.7. The fourth-order valence-electron chi connectivity index (χ4n) is 3.61. The fourth-order valence-corrected chi connectivity index (χ4v) is 3.61. The van der Waals surface area contributed by atoms with Crippen molar-refractivity contribution >= 4 is 5.97 Å². The zero-order valence-corrected chi connectivity index (χ0v) is 13.3. The van der Waals surface area contributed by atoms with Crippen LogP contribution in [0.2, 0.25) is 0 Å². The van der Waals surface area contributed by atoms with Crippen LogP contribution in [0, 0.1) is 11.8 Å². The first-order valence-corrected chi connectivity index (χ1v) is 7.66. The number of methoxy groups -OCH3 is 1. The highest BCUT2D eigenvalue weighted by molar-refractivity contribution is 5.82. The van der Waals surface area contributed by atoms with Gasteiger partial charge in [-0.15, -0.1) is 0 Å². The van der Waals surface area contributed by atoms with E-state index in [2.05, 4.69) is 29.2 Å². The summed E-state index contributed by atoms with van der Waals surface area (Å²) in [5.41, 5.74) is -0.520. The lowest BCUT2D eigenvalue weighted by atomic mass is 9.92. The van der Waals surface area contributed by atoms with Crippen LogP contribution in [0.5, 0.6) is 0 Å². The van der Waals surface area contributed by atoms with Crippen molar-refractivity contribution in [2.24, 2.45) is 11.8 Å². The molecule has 0 amide bonds. The minimum Gasteiger partial charge on any atom is -0.468 e. The summed E-state index contributed by atoms with van der Waals surface area (Å²) >= 11 is 0. The van der Waals surface area contributed by atoms with Crippen molar-refractivity contribution in [3.8, 4) is 0 Å². The second-order valence-electron chi connectivity index (χ2n) is 6.60. The number of esters is 1. The van der Waals surface area contributed by atoms with Crippen molar-refractivity contribution in [2.75, 3.05) is 54.4 Å². The molecule has 2 unspecified atom stereocenters. The van der Waals surface area contributed by atoms with E-state index < -0.39 is 5.54 Å². The normalized spacial score (nSPS) is 26.8. The number of nitrogens with zero attached hydrogens (tertiary/aromatic N) is 2. The predicted molar refractivity (Wildman–Crippen MR) is 79.6 cm³/mol. The number of likely N-dealkylation sites (tertiary alicyclic amines) is 1. The standard InChI is InChI=1S/C15H29N3O2/c1-16-15(13-5-6-13,14(19)20-4)11-18(3)10-12-7-8-17(2)9-12/h12-13,16H,5-11H2,1-4H3. The van der Waals surface area contributed by atoms with Gasteiger partial charge in [-0.1, -0.05) is 0 Å². The van der Waals surface area contributed by atoms with Gasteiger partial charge in [-0.05, 0) is 58.8 Å². The van der Waals surface area contributed by atoms with Gasteiger partial charge in [0.05, 0.1) is 7.11 Å². The van der Waals surface area contributed by atoms with Gasteiger partial charge in [0.15, 0.2) is 0 Å². The Morgan fingerprint density at radius 3 is 2.60 bits per heavy atom. The molecule has 0 radical (unpaired) electrons. The van der Waals surface area contributed by atoms with Crippen LogP contribution in [-0.2, 0) is 9.53 Å². The molecule has 116 valence electrons. The second kappa shape index (κ2) is 6.41. The summed E-state index contributed by atoms with van der Waals surface area (Å²) in [4.78, 5) is 16.9.